The summed E-state index contributed by atoms with van der Waals surface area (Å²) in [5.41, 5.74) is 1.32. The number of aromatic hydroxyl groups is 1. The maximum absolute atomic E-state index is 12.5. The highest BCUT2D eigenvalue weighted by Gasteiger charge is 2.12. The topological polar surface area (TPSA) is 111 Å². The molecule has 0 saturated carbocycles. The number of hydrogen-bond donors (Lipinski definition) is 3. The van der Waals surface area contributed by atoms with Crippen LogP contribution < -0.4 is 10.6 Å². The Morgan fingerprint density at radius 3 is 2.41 bits per heavy atom. The van der Waals surface area contributed by atoms with Crippen molar-refractivity contribution in [3.8, 4) is 11.8 Å². The SMILES string of the molecule is COC(=O)c1ccc(N/C=C(/C#N)C(=O)Nc2cccc3c(O)cccc23)cc1. The Kier molecular flexibility index (Phi) is 5.76. The van der Waals surface area contributed by atoms with Crippen LogP contribution >= 0.6 is 0 Å². The quantitative estimate of drug-likeness (QED) is 0.349. The molecule has 3 rings (SSSR count). The summed E-state index contributed by atoms with van der Waals surface area (Å²) in [6.07, 6.45) is 1.28. The lowest BCUT2D eigenvalue weighted by Crippen LogP contribution is -2.14. The van der Waals surface area contributed by atoms with E-state index in [1.165, 1.54) is 13.3 Å². The number of phenolic OH excluding ortho intramolecular Hbond substituents is 1. The molecule has 29 heavy (non-hydrogen) atoms. The van der Waals surface area contributed by atoms with Gasteiger partial charge in [0.05, 0.1) is 12.7 Å². The number of nitriles is 1. The number of esters is 1. The minimum Gasteiger partial charge on any atom is -0.507 e. The fourth-order valence-corrected chi connectivity index (χ4v) is 2.72. The number of benzene rings is 3. The highest BCUT2D eigenvalue weighted by Crippen LogP contribution is 2.30. The number of rotatable bonds is 5. The summed E-state index contributed by atoms with van der Waals surface area (Å²) in [6, 6.07) is 18.4. The maximum atomic E-state index is 12.5. The fraction of sp³-hybridized carbons (Fsp3) is 0.0455. The van der Waals surface area contributed by atoms with Crippen LogP contribution in [0.1, 0.15) is 10.4 Å². The van der Waals surface area contributed by atoms with Gasteiger partial charge in [0.15, 0.2) is 0 Å². The molecule has 0 radical (unpaired) electrons. The first-order chi connectivity index (χ1) is 14.0. The van der Waals surface area contributed by atoms with E-state index in [2.05, 4.69) is 15.4 Å². The summed E-state index contributed by atoms with van der Waals surface area (Å²) in [6.45, 7) is 0. The van der Waals surface area contributed by atoms with E-state index < -0.39 is 11.9 Å². The summed E-state index contributed by atoms with van der Waals surface area (Å²) in [7, 11) is 1.30. The van der Waals surface area contributed by atoms with E-state index in [9.17, 15) is 20.0 Å². The molecule has 1 amide bonds. The third kappa shape index (κ3) is 4.34. The number of carbonyl (C=O) groups is 2. The number of anilines is 2. The average molecular weight is 387 g/mol. The van der Waals surface area contributed by atoms with E-state index in [4.69, 9.17) is 0 Å². The summed E-state index contributed by atoms with van der Waals surface area (Å²) < 4.78 is 4.63. The molecule has 3 N–H and O–H groups in total. The van der Waals surface area contributed by atoms with Gasteiger partial charge in [0.2, 0.25) is 0 Å². The van der Waals surface area contributed by atoms with Gasteiger partial charge in [0.25, 0.3) is 5.91 Å². The summed E-state index contributed by atoms with van der Waals surface area (Å²) >= 11 is 0. The Morgan fingerprint density at radius 1 is 1.03 bits per heavy atom. The highest BCUT2D eigenvalue weighted by molar-refractivity contribution is 6.11. The normalized spacial score (nSPS) is 10.8. The van der Waals surface area contributed by atoms with Crippen LogP contribution in [0, 0.1) is 11.3 Å². The lowest BCUT2D eigenvalue weighted by Gasteiger charge is -2.09. The van der Waals surface area contributed by atoms with Gasteiger partial charge >= 0.3 is 5.97 Å². The maximum Gasteiger partial charge on any atom is 0.337 e. The van der Waals surface area contributed by atoms with Gasteiger partial charge in [0, 0.05) is 28.3 Å². The summed E-state index contributed by atoms with van der Waals surface area (Å²) in [4.78, 5) is 24.0. The number of hydrogen-bond acceptors (Lipinski definition) is 6. The van der Waals surface area contributed by atoms with E-state index in [0.29, 0.717) is 27.7 Å². The molecule has 3 aromatic rings. The number of amides is 1. The van der Waals surface area contributed by atoms with Crippen molar-refractivity contribution in [1.82, 2.24) is 0 Å². The lowest BCUT2D eigenvalue weighted by atomic mass is 10.1. The first-order valence-corrected chi connectivity index (χ1v) is 8.60. The largest absolute Gasteiger partial charge is 0.507 e. The molecule has 0 aliphatic rings. The number of carbonyl (C=O) groups excluding carboxylic acids is 2. The molecule has 7 nitrogen and oxygen atoms in total. The number of fused-ring (bicyclic) bond motifs is 1. The zero-order valence-electron chi connectivity index (χ0n) is 15.5. The minimum atomic E-state index is -0.595. The number of phenols is 1. The molecule has 0 atom stereocenters. The van der Waals surface area contributed by atoms with Crippen molar-refractivity contribution in [1.29, 1.82) is 5.26 Å². The van der Waals surface area contributed by atoms with E-state index >= 15 is 0 Å². The van der Waals surface area contributed by atoms with E-state index in [1.54, 1.807) is 60.7 Å². The molecule has 0 spiro atoms. The second-order valence-electron chi connectivity index (χ2n) is 6.02. The summed E-state index contributed by atoms with van der Waals surface area (Å²) in [5, 5.41) is 26.1. The summed E-state index contributed by atoms with van der Waals surface area (Å²) in [5.74, 6) is -0.945. The van der Waals surface area contributed by atoms with Gasteiger partial charge in [-0.2, -0.15) is 5.26 Å². The second kappa shape index (κ2) is 8.59. The first-order valence-electron chi connectivity index (χ1n) is 8.60. The van der Waals surface area contributed by atoms with Crippen molar-refractivity contribution in [2.45, 2.75) is 0 Å². The standard InChI is InChI=1S/C22H17N3O4/c1-29-22(28)14-8-10-16(11-9-14)24-13-15(12-23)21(27)25-19-6-2-5-18-17(19)4-3-7-20(18)26/h2-11,13,24,26H,1H3,(H,25,27)/b15-13-. The molecule has 7 heteroatoms. The van der Waals surface area contributed by atoms with Gasteiger partial charge in [-0.25, -0.2) is 4.79 Å². The van der Waals surface area contributed by atoms with Crippen LogP contribution in [0.25, 0.3) is 10.8 Å². The van der Waals surface area contributed by atoms with E-state index in [0.717, 1.165) is 0 Å². The lowest BCUT2D eigenvalue weighted by molar-refractivity contribution is -0.112. The minimum absolute atomic E-state index is 0.103. The molecule has 0 unspecified atom stereocenters. The smallest absolute Gasteiger partial charge is 0.337 e. The van der Waals surface area contributed by atoms with Crippen LogP contribution in [-0.2, 0) is 9.53 Å². The predicted molar refractivity (Wildman–Crippen MR) is 109 cm³/mol. The Bertz CT molecular complexity index is 1140. The molecular formula is C22H17N3O4. The zero-order chi connectivity index (χ0) is 20.8. The Hall–Kier alpha value is -4.31. The molecule has 0 aliphatic carbocycles. The number of ether oxygens (including phenoxy) is 1. The number of methoxy groups -OCH3 is 1. The second-order valence-corrected chi connectivity index (χ2v) is 6.02. The Morgan fingerprint density at radius 2 is 1.72 bits per heavy atom. The van der Waals surface area contributed by atoms with Crippen LogP contribution in [0.2, 0.25) is 0 Å². The molecule has 0 bridgehead atoms. The van der Waals surface area contributed by atoms with Gasteiger partial charge in [0.1, 0.15) is 17.4 Å². The monoisotopic (exact) mass is 387 g/mol. The molecule has 0 fully saturated rings. The molecule has 0 saturated heterocycles. The van der Waals surface area contributed by atoms with Crippen molar-refractivity contribution in [3.63, 3.8) is 0 Å². The fourth-order valence-electron chi connectivity index (χ4n) is 2.72. The van der Waals surface area contributed by atoms with Gasteiger partial charge < -0.3 is 20.5 Å². The third-order valence-corrected chi connectivity index (χ3v) is 4.20. The number of nitrogens with one attached hydrogen (secondary N) is 2. The van der Waals surface area contributed by atoms with Crippen LogP contribution in [-0.4, -0.2) is 24.1 Å². The van der Waals surface area contributed by atoms with Crippen LogP contribution in [0.4, 0.5) is 11.4 Å². The average Bonchev–Trinajstić information content (AvgIpc) is 2.75. The number of nitrogens with zero attached hydrogens (tertiary/aromatic N) is 1. The van der Waals surface area contributed by atoms with Crippen molar-refractivity contribution in [3.05, 3.63) is 78.0 Å². The third-order valence-electron chi connectivity index (χ3n) is 4.20. The van der Waals surface area contributed by atoms with Gasteiger partial charge in [-0.15, -0.1) is 0 Å². The molecular weight excluding hydrogens is 370 g/mol. The van der Waals surface area contributed by atoms with Crippen molar-refractivity contribution in [2.75, 3.05) is 17.7 Å². The molecule has 0 heterocycles. The van der Waals surface area contributed by atoms with Crippen LogP contribution in [0.3, 0.4) is 0 Å². The Labute approximate surface area is 166 Å². The molecule has 0 aliphatic heterocycles. The highest BCUT2D eigenvalue weighted by atomic mass is 16.5. The van der Waals surface area contributed by atoms with Gasteiger partial charge in [-0.05, 0) is 36.4 Å². The molecule has 3 aromatic carbocycles. The van der Waals surface area contributed by atoms with E-state index in [1.807, 2.05) is 6.07 Å². The van der Waals surface area contributed by atoms with E-state index in [-0.39, 0.29) is 11.3 Å². The first kappa shape index (κ1) is 19.5. The van der Waals surface area contributed by atoms with Crippen molar-refractivity contribution in [2.24, 2.45) is 0 Å². The van der Waals surface area contributed by atoms with Gasteiger partial charge in [-0.3, -0.25) is 4.79 Å². The van der Waals surface area contributed by atoms with Crippen LogP contribution in [0.5, 0.6) is 5.75 Å². The van der Waals surface area contributed by atoms with Crippen molar-refractivity contribution >= 4 is 34.0 Å². The van der Waals surface area contributed by atoms with Crippen LogP contribution in [0.15, 0.2) is 72.4 Å². The molecule has 144 valence electrons. The Balaban J connectivity index is 1.77. The zero-order valence-corrected chi connectivity index (χ0v) is 15.5. The molecule has 0 aromatic heterocycles. The van der Waals surface area contributed by atoms with Crippen molar-refractivity contribution < 1.29 is 19.4 Å². The predicted octanol–water partition coefficient (Wildman–Crippen LogP) is 3.79. The van der Waals surface area contributed by atoms with Gasteiger partial charge in [-0.1, -0.05) is 24.3 Å².